The van der Waals surface area contributed by atoms with Crippen LogP contribution in [0.4, 0.5) is 9.18 Å². The van der Waals surface area contributed by atoms with Crippen LogP contribution in [-0.2, 0) is 9.53 Å². The quantitative estimate of drug-likeness (QED) is 0.468. The lowest BCUT2D eigenvalue weighted by molar-refractivity contribution is -0.127. The Labute approximate surface area is 193 Å². The van der Waals surface area contributed by atoms with Gasteiger partial charge in [-0.15, -0.1) is 31.8 Å². The molecule has 0 spiro atoms. The summed E-state index contributed by atoms with van der Waals surface area (Å²) in [6, 6.07) is 5.59. The van der Waals surface area contributed by atoms with Crippen LogP contribution in [-0.4, -0.2) is 35.2 Å². The highest BCUT2D eigenvalue weighted by Gasteiger charge is 2.27. The maximum atomic E-state index is 12.7. The molecular weight excluding hydrogens is 409 g/mol. The van der Waals surface area contributed by atoms with Crippen LogP contribution >= 0.6 is 0 Å². The van der Waals surface area contributed by atoms with E-state index in [1.807, 2.05) is 32.9 Å². The van der Waals surface area contributed by atoms with Gasteiger partial charge in [-0.3, -0.25) is 4.79 Å². The van der Waals surface area contributed by atoms with E-state index in [1.54, 1.807) is 13.0 Å². The molecule has 1 aliphatic rings. The topological polar surface area (TPSA) is 66.8 Å². The van der Waals surface area contributed by atoms with Gasteiger partial charge in [0.25, 0.3) is 0 Å². The van der Waals surface area contributed by atoms with E-state index in [1.165, 1.54) is 24.3 Å². The van der Waals surface area contributed by atoms with E-state index in [-0.39, 0.29) is 31.3 Å². The molecule has 0 radical (unpaired) electrons. The molecule has 32 heavy (non-hydrogen) atoms. The number of halogens is 1. The third-order valence-corrected chi connectivity index (χ3v) is 3.52. The summed E-state index contributed by atoms with van der Waals surface area (Å²) in [5.41, 5.74) is 0.611. The Hall–Kier alpha value is -3.35. The average molecular weight is 446 g/mol. The maximum absolute atomic E-state index is 12.7. The third kappa shape index (κ3) is 17.5. The van der Waals surface area contributed by atoms with Crippen molar-refractivity contribution >= 4 is 12.0 Å². The van der Waals surface area contributed by atoms with Gasteiger partial charge in [0.05, 0.1) is 12.6 Å². The van der Waals surface area contributed by atoms with Crippen LogP contribution in [0, 0.1) is 31.0 Å². The van der Waals surface area contributed by atoms with Gasteiger partial charge in [-0.05, 0) is 58.2 Å². The van der Waals surface area contributed by atoms with E-state index in [9.17, 15) is 19.1 Å². The van der Waals surface area contributed by atoms with Crippen molar-refractivity contribution in [2.75, 3.05) is 13.2 Å². The van der Waals surface area contributed by atoms with Crippen molar-refractivity contribution in [3.05, 3.63) is 60.5 Å². The number of hydrogen-bond donors (Lipinski definition) is 1. The monoisotopic (exact) mass is 445 g/mol. The first-order chi connectivity index (χ1) is 15.3. The number of carbonyl (C=O) groups is 2. The molecular formula is C26H36FNO4. The number of aliphatic hydroxyl groups excluding tert-OH is 1. The molecule has 0 unspecified atom stereocenters. The van der Waals surface area contributed by atoms with Crippen molar-refractivity contribution in [1.82, 2.24) is 4.90 Å². The second-order valence-electron chi connectivity index (χ2n) is 5.98. The number of hydrogen-bond acceptors (Lipinski definition) is 4. The zero-order valence-corrected chi connectivity index (χ0v) is 19.6. The van der Waals surface area contributed by atoms with Crippen LogP contribution in [0.1, 0.15) is 58.6 Å². The minimum atomic E-state index is -0.742. The summed E-state index contributed by atoms with van der Waals surface area (Å²) >= 11 is 0. The van der Waals surface area contributed by atoms with Crippen molar-refractivity contribution in [1.29, 1.82) is 0 Å². The highest BCUT2D eigenvalue weighted by molar-refractivity contribution is 5.92. The number of ether oxygens (including phenoxy) is 1. The summed E-state index contributed by atoms with van der Waals surface area (Å²) in [7, 11) is 0. The number of benzene rings is 1. The second-order valence-corrected chi connectivity index (χ2v) is 5.98. The number of aliphatic hydroxyl groups is 1. The van der Waals surface area contributed by atoms with Crippen LogP contribution in [0.5, 0.6) is 0 Å². The fourth-order valence-electron chi connectivity index (χ4n) is 2.05. The number of rotatable bonds is 5. The largest absolute Gasteiger partial charge is 0.447 e. The molecule has 1 atom stereocenters. The van der Waals surface area contributed by atoms with E-state index >= 15 is 0 Å². The molecule has 2 amide bonds. The Bertz CT molecular complexity index is 714. The van der Waals surface area contributed by atoms with Crippen molar-refractivity contribution in [3.8, 4) is 25.2 Å². The predicted octanol–water partition coefficient (Wildman–Crippen LogP) is 5.67. The third-order valence-electron chi connectivity index (χ3n) is 3.52. The number of cyclic esters (lactones) is 1. The summed E-state index contributed by atoms with van der Waals surface area (Å²) in [5.74, 6) is 1.60. The molecule has 1 saturated heterocycles. The number of carbonyl (C=O) groups excluding carboxylic acids is 2. The predicted molar refractivity (Wildman–Crippen MR) is 129 cm³/mol. The highest BCUT2D eigenvalue weighted by atomic mass is 19.1. The van der Waals surface area contributed by atoms with Gasteiger partial charge in [-0.25, -0.2) is 14.1 Å². The minimum absolute atomic E-state index is 0.174. The Morgan fingerprint density at radius 2 is 1.75 bits per heavy atom. The van der Waals surface area contributed by atoms with Crippen LogP contribution in [0.3, 0.4) is 0 Å². The molecule has 6 heteroatoms. The summed E-state index contributed by atoms with van der Waals surface area (Å²) < 4.78 is 17.4. The molecule has 1 fully saturated rings. The number of terminal acetylenes is 2. The number of nitrogens with zero attached hydrogens (tertiary/aromatic N) is 1. The second kappa shape index (κ2) is 23.9. The zero-order chi connectivity index (χ0) is 25.4. The Morgan fingerprint density at radius 3 is 2.12 bits per heavy atom. The molecule has 1 heterocycles. The van der Waals surface area contributed by atoms with Gasteiger partial charge in [0.1, 0.15) is 12.4 Å². The van der Waals surface area contributed by atoms with E-state index in [2.05, 4.69) is 36.5 Å². The van der Waals surface area contributed by atoms with Gasteiger partial charge in [-0.2, -0.15) is 0 Å². The Kier molecular flexibility index (Phi) is 24.9. The molecule has 1 aliphatic heterocycles. The molecule has 0 bridgehead atoms. The molecule has 1 aromatic carbocycles. The molecule has 2 rings (SSSR count). The normalized spacial score (nSPS) is 12.0. The summed E-state index contributed by atoms with van der Waals surface area (Å²) in [5, 5.41) is 9.90. The smallest absolute Gasteiger partial charge is 0.416 e. The van der Waals surface area contributed by atoms with Crippen molar-refractivity contribution in [3.63, 3.8) is 0 Å². The van der Waals surface area contributed by atoms with E-state index in [4.69, 9.17) is 0 Å². The minimum Gasteiger partial charge on any atom is -0.447 e. The van der Waals surface area contributed by atoms with Crippen molar-refractivity contribution in [2.45, 2.75) is 53.1 Å². The summed E-state index contributed by atoms with van der Waals surface area (Å²) in [6.07, 6.45) is 18.0. The SMILES string of the molecule is C#C.C#CC.C/C=C\C.C=CC.O=C(CCC[C@H](O)c1ccc(F)cc1)N1CCOC1=O. The Balaban J connectivity index is -0.000000588. The van der Waals surface area contributed by atoms with Crippen LogP contribution in [0.2, 0.25) is 0 Å². The van der Waals surface area contributed by atoms with Gasteiger partial charge < -0.3 is 9.84 Å². The average Bonchev–Trinajstić information content (AvgIpc) is 3.23. The molecule has 1 N–H and O–H groups in total. The highest BCUT2D eigenvalue weighted by Crippen LogP contribution is 2.20. The lowest BCUT2D eigenvalue weighted by Crippen LogP contribution is -2.31. The molecule has 0 saturated carbocycles. The number of amides is 2. The molecule has 1 aromatic rings. The van der Waals surface area contributed by atoms with E-state index < -0.39 is 12.2 Å². The fraction of sp³-hybridized carbons (Fsp3) is 0.385. The molecule has 176 valence electrons. The van der Waals surface area contributed by atoms with Crippen LogP contribution < -0.4 is 0 Å². The first-order valence-corrected chi connectivity index (χ1v) is 10.1. The first kappa shape index (κ1) is 33.3. The van der Waals surface area contributed by atoms with E-state index in [0.29, 0.717) is 18.4 Å². The zero-order valence-electron chi connectivity index (χ0n) is 19.6. The first-order valence-electron chi connectivity index (χ1n) is 10.1. The van der Waals surface area contributed by atoms with Gasteiger partial charge in [0.15, 0.2) is 0 Å². The Morgan fingerprint density at radius 1 is 1.28 bits per heavy atom. The van der Waals surface area contributed by atoms with Gasteiger partial charge in [-0.1, -0.05) is 30.4 Å². The fourth-order valence-corrected chi connectivity index (χ4v) is 2.05. The molecule has 5 nitrogen and oxygen atoms in total. The molecule has 0 aliphatic carbocycles. The maximum Gasteiger partial charge on any atom is 0.416 e. The number of imide groups is 1. The summed E-state index contributed by atoms with van der Waals surface area (Å²) in [6.45, 7) is 11.4. The van der Waals surface area contributed by atoms with Crippen LogP contribution in [0.15, 0.2) is 49.1 Å². The lowest BCUT2D eigenvalue weighted by atomic mass is 10.0. The summed E-state index contributed by atoms with van der Waals surface area (Å²) in [4.78, 5) is 24.0. The van der Waals surface area contributed by atoms with Crippen molar-refractivity contribution < 1.29 is 23.8 Å². The molecule has 0 aromatic heterocycles. The van der Waals surface area contributed by atoms with Crippen molar-refractivity contribution in [2.24, 2.45) is 0 Å². The van der Waals surface area contributed by atoms with Gasteiger partial charge in [0.2, 0.25) is 5.91 Å². The number of allylic oxidation sites excluding steroid dienone is 3. The van der Waals surface area contributed by atoms with Gasteiger partial charge >= 0.3 is 6.09 Å². The van der Waals surface area contributed by atoms with Crippen LogP contribution in [0.25, 0.3) is 0 Å². The lowest BCUT2D eigenvalue weighted by Gasteiger charge is -2.13. The standard InChI is InChI=1S/C14H16FNO4.C4H8.C3H6.C3H4.C2H2/c15-11-6-4-10(5-7-11)12(17)2-1-3-13(18)16-8-9-20-14(16)19;1-3-4-2;2*1-3-2;1-2/h4-7,12,17H,1-3,8-9H2;3-4H,1-2H3;3H,1H2,2H3;1H,2H3;1-2H/b;4-3-;;;/t12-;;;;/m0..../s1. The van der Waals surface area contributed by atoms with Gasteiger partial charge in [0, 0.05) is 6.42 Å². The van der Waals surface area contributed by atoms with E-state index in [0.717, 1.165) is 4.90 Å².